The second-order valence-electron chi connectivity index (χ2n) is 4.10. The molecular formula is C15H8BrClFNO. The van der Waals surface area contributed by atoms with E-state index in [0.29, 0.717) is 15.1 Å². The summed E-state index contributed by atoms with van der Waals surface area (Å²) in [6.45, 7) is 0. The minimum atomic E-state index is -0.950. The van der Waals surface area contributed by atoms with Crippen molar-refractivity contribution in [3.8, 4) is 6.07 Å². The predicted octanol–water partition coefficient (Wildman–Crippen LogP) is 4.73. The molecule has 0 bridgehead atoms. The number of ketones is 1. The molecule has 0 aromatic heterocycles. The van der Waals surface area contributed by atoms with Crippen LogP contribution in [0.15, 0.2) is 46.9 Å². The third-order valence-corrected chi connectivity index (χ3v) is 3.70. The van der Waals surface area contributed by atoms with E-state index in [1.54, 1.807) is 24.3 Å². The van der Waals surface area contributed by atoms with Crippen molar-refractivity contribution in [2.45, 2.75) is 5.92 Å². The fraction of sp³-hybridized carbons (Fsp3) is 0.0667. The van der Waals surface area contributed by atoms with Gasteiger partial charge in [-0.05, 0) is 51.8 Å². The average Bonchev–Trinajstić information content (AvgIpc) is 2.41. The lowest BCUT2D eigenvalue weighted by Crippen LogP contribution is -2.12. The van der Waals surface area contributed by atoms with Gasteiger partial charge in [0, 0.05) is 15.1 Å². The van der Waals surface area contributed by atoms with Gasteiger partial charge in [0.1, 0.15) is 11.7 Å². The summed E-state index contributed by atoms with van der Waals surface area (Å²) in [4.78, 5) is 12.4. The number of benzene rings is 2. The van der Waals surface area contributed by atoms with Crippen molar-refractivity contribution in [1.29, 1.82) is 5.26 Å². The smallest absolute Gasteiger partial charge is 0.185 e. The number of Topliss-reactive ketones (excluding diaryl/α,β-unsaturated/α-hetero) is 1. The van der Waals surface area contributed by atoms with Gasteiger partial charge in [-0.2, -0.15) is 5.26 Å². The van der Waals surface area contributed by atoms with E-state index in [2.05, 4.69) is 15.9 Å². The second kappa shape index (κ2) is 6.17. The maximum Gasteiger partial charge on any atom is 0.185 e. The highest BCUT2D eigenvalue weighted by atomic mass is 79.9. The molecule has 2 rings (SSSR count). The van der Waals surface area contributed by atoms with E-state index >= 15 is 0 Å². The Bertz CT molecular complexity index is 694. The molecule has 2 nitrogen and oxygen atoms in total. The number of carbonyl (C=O) groups is 1. The first-order valence-corrected chi connectivity index (χ1v) is 6.84. The number of nitriles is 1. The van der Waals surface area contributed by atoms with Gasteiger partial charge in [0.05, 0.1) is 6.07 Å². The molecule has 1 unspecified atom stereocenters. The zero-order valence-corrected chi connectivity index (χ0v) is 12.5. The predicted molar refractivity (Wildman–Crippen MR) is 78.2 cm³/mol. The van der Waals surface area contributed by atoms with E-state index in [1.807, 2.05) is 6.07 Å². The summed E-state index contributed by atoms with van der Waals surface area (Å²) in [6, 6.07) is 12.2. The maximum absolute atomic E-state index is 13.0. The number of nitrogens with zero attached hydrogens (tertiary/aromatic N) is 1. The molecule has 0 saturated heterocycles. The van der Waals surface area contributed by atoms with Crippen molar-refractivity contribution < 1.29 is 9.18 Å². The van der Waals surface area contributed by atoms with Crippen molar-refractivity contribution in [1.82, 2.24) is 0 Å². The first-order chi connectivity index (χ1) is 9.52. The molecule has 0 radical (unpaired) electrons. The molecule has 100 valence electrons. The molecule has 0 aliphatic carbocycles. The summed E-state index contributed by atoms with van der Waals surface area (Å²) < 4.78 is 13.4. The van der Waals surface area contributed by atoms with E-state index in [1.165, 1.54) is 18.2 Å². The van der Waals surface area contributed by atoms with Gasteiger partial charge < -0.3 is 0 Å². The Labute approximate surface area is 128 Å². The Morgan fingerprint density at radius 2 is 1.90 bits per heavy atom. The first kappa shape index (κ1) is 14.7. The van der Waals surface area contributed by atoms with Crippen LogP contribution >= 0.6 is 27.5 Å². The molecule has 0 N–H and O–H groups in total. The molecule has 0 heterocycles. The van der Waals surface area contributed by atoms with Crippen LogP contribution < -0.4 is 0 Å². The van der Waals surface area contributed by atoms with Crippen LogP contribution in [0, 0.1) is 17.1 Å². The average molecular weight is 353 g/mol. The highest BCUT2D eigenvalue weighted by Crippen LogP contribution is 2.26. The molecule has 2 aromatic rings. The van der Waals surface area contributed by atoms with Crippen molar-refractivity contribution in [3.63, 3.8) is 0 Å². The third kappa shape index (κ3) is 3.06. The van der Waals surface area contributed by atoms with E-state index in [4.69, 9.17) is 11.6 Å². The van der Waals surface area contributed by atoms with Gasteiger partial charge in [-0.25, -0.2) is 4.39 Å². The summed E-state index contributed by atoms with van der Waals surface area (Å²) in [6.07, 6.45) is 0. The molecular weight excluding hydrogens is 345 g/mol. The molecule has 1 atom stereocenters. The van der Waals surface area contributed by atoms with Crippen LogP contribution in [-0.4, -0.2) is 5.78 Å². The zero-order chi connectivity index (χ0) is 14.7. The maximum atomic E-state index is 13.0. The van der Waals surface area contributed by atoms with Crippen LogP contribution in [0.1, 0.15) is 21.8 Å². The fourth-order valence-corrected chi connectivity index (χ4v) is 2.46. The summed E-state index contributed by atoms with van der Waals surface area (Å²) in [7, 11) is 0. The van der Waals surface area contributed by atoms with Crippen LogP contribution in [0.2, 0.25) is 5.02 Å². The van der Waals surface area contributed by atoms with Gasteiger partial charge in [-0.1, -0.05) is 23.7 Å². The molecule has 0 aliphatic heterocycles. The summed E-state index contributed by atoms with van der Waals surface area (Å²) in [5.41, 5.74) is 0.825. The third-order valence-electron chi connectivity index (χ3n) is 2.79. The van der Waals surface area contributed by atoms with E-state index < -0.39 is 11.7 Å². The normalized spacial score (nSPS) is 11.7. The monoisotopic (exact) mass is 351 g/mol. The Morgan fingerprint density at radius 3 is 2.45 bits per heavy atom. The largest absolute Gasteiger partial charge is 0.292 e. The molecule has 0 aliphatic rings. The SMILES string of the molecule is N#CC(C(=O)c1ccc(F)cc1Br)c1ccc(Cl)cc1. The lowest BCUT2D eigenvalue weighted by Gasteiger charge is -2.10. The molecule has 0 amide bonds. The van der Waals surface area contributed by atoms with Gasteiger partial charge in [-0.15, -0.1) is 0 Å². The standard InChI is InChI=1S/C15H8BrClFNO/c16-14-7-11(18)5-6-12(14)15(20)13(8-19)9-1-3-10(17)4-2-9/h1-7,13H. The van der Waals surface area contributed by atoms with E-state index in [0.717, 1.165) is 0 Å². The van der Waals surface area contributed by atoms with Crippen molar-refractivity contribution in [3.05, 3.63) is 68.9 Å². The summed E-state index contributed by atoms with van der Waals surface area (Å²) >= 11 is 8.92. The van der Waals surface area contributed by atoms with Gasteiger partial charge in [0.2, 0.25) is 0 Å². The molecule has 2 aromatic carbocycles. The van der Waals surface area contributed by atoms with Gasteiger partial charge in [0.25, 0.3) is 0 Å². The highest BCUT2D eigenvalue weighted by molar-refractivity contribution is 9.10. The van der Waals surface area contributed by atoms with Gasteiger partial charge in [-0.3, -0.25) is 4.79 Å². The van der Waals surface area contributed by atoms with Crippen molar-refractivity contribution in [2.75, 3.05) is 0 Å². The lowest BCUT2D eigenvalue weighted by atomic mass is 9.92. The number of hydrogen-bond donors (Lipinski definition) is 0. The fourth-order valence-electron chi connectivity index (χ4n) is 1.78. The highest BCUT2D eigenvalue weighted by Gasteiger charge is 2.23. The van der Waals surface area contributed by atoms with E-state index in [-0.39, 0.29) is 11.3 Å². The number of carbonyl (C=O) groups excluding carboxylic acids is 1. The van der Waals surface area contributed by atoms with Crippen LogP contribution in [0.3, 0.4) is 0 Å². The van der Waals surface area contributed by atoms with Gasteiger partial charge in [0.15, 0.2) is 5.78 Å². The van der Waals surface area contributed by atoms with Gasteiger partial charge >= 0.3 is 0 Å². The molecule has 20 heavy (non-hydrogen) atoms. The topological polar surface area (TPSA) is 40.9 Å². The second-order valence-corrected chi connectivity index (χ2v) is 5.39. The summed E-state index contributed by atoms with van der Waals surface area (Å²) in [5.74, 6) is -1.79. The molecule has 0 fully saturated rings. The van der Waals surface area contributed by atoms with Crippen molar-refractivity contribution >= 4 is 33.3 Å². The molecule has 0 spiro atoms. The quantitative estimate of drug-likeness (QED) is 0.749. The Balaban J connectivity index is 2.39. The minimum Gasteiger partial charge on any atom is -0.292 e. The first-order valence-electron chi connectivity index (χ1n) is 5.67. The zero-order valence-electron chi connectivity index (χ0n) is 10.1. The number of rotatable bonds is 3. The lowest BCUT2D eigenvalue weighted by molar-refractivity contribution is 0.0978. The van der Waals surface area contributed by atoms with Crippen LogP contribution in [0.25, 0.3) is 0 Å². The summed E-state index contributed by atoms with van der Waals surface area (Å²) in [5, 5.41) is 9.76. The number of hydrogen-bond acceptors (Lipinski definition) is 2. The number of halogens is 3. The molecule has 0 saturated carbocycles. The van der Waals surface area contributed by atoms with Crippen LogP contribution in [0.5, 0.6) is 0 Å². The Kier molecular flexibility index (Phi) is 4.53. The van der Waals surface area contributed by atoms with Crippen molar-refractivity contribution in [2.24, 2.45) is 0 Å². The van der Waals surface area contributed by atoms with Crippen LogP contribution in [0.4, 0.5) is 4.39 Å². The van der Waals surface area contributed by atoms with E-state index in [9.17, 15) is 14.4 Å². The minimum absolute atomic E-state index is 0.271. The molecule has 5 heteroatoms. The van der Waals surface area contributed by atoms with Crippen LogP contribution in [-0.2, 0) is 0 Å². The Hall–Kier alpha value is -1.70. The Morgan fingerprint density at radius 1 is 1.25 bits per heavy atom.